The lowest BCUT2D eigenvalue weighted by molar-refractivity contribution is -0.137. The predicted molar refractivity (Wildman–Crippen MR) is 84.4 cm³/mol. The molecule has 0 heterocycles. The number of benzene rings is 2. The van der Waals surface area contributed by atoms with E-state index < -0.39 is 23.4 Å². The fourth-order valence-electron chi connectivity index (χ4n) is 2.13. The van der Waals surface area contributed by atoms with Crippen LogP contribution in [-0.2, 0) is 17.6 Å². The molecule has 0 aliphatic heterocycles. The molecule has 0 fully saturated rings. The zero-order valence-corrected chi connectivity index (χ0v) is 13.8. The monoisotopic (exact) mass is 377 g/mol. The molecule has 0 N–H and O–H groups in total. The number of oxime groups is 1. The Morgan fingerprint density at radius 3 is 2.44 bits per heavy atom. The van der Waals surface area contributed by atoms with Crippen molar-refractivity contribution in [3.05, 3.63) is 69.7 Å². The minimum absolute atomic E-state index is 0.0114. The Morgan fingerprint density at radius 1 is 1.12 bits per heavy atom. The van der Waals surface area contributed by atoms with Gasteiger partial charge in [0, 0.05) is 22.2 Å². The van der Waals surface area contributed by atoms with Gasteiger partial charge in [0.2, 0.25) is 0 Å². The third-order valence-electron chi connectivity index (χ3n) is 3.34. The van der Waals surface area contributed by atoms with Crippen molar-refractivity contribution in [2.45, 2.75) is 26.1 Å². The Labute approximate surface area is 145 Å². The van der Waals surface area contributed by atoms with E-state index in [4.69, 9.17) is 16.4 Å². The molecule has 0 aromatic heterocycles. The van der Waals surface area contributed by atoms with Crippen molar-refractivity contribution in [3.63, 3.8) is 0 Å². The van der Waals surface area contributed by atoms with E-state index in [9.17, 15) is 22.0 Å². The van der Waals surface area contributed by atoms with Crippen LogP contribution >= 0.6 is 11.6 Å². The van der Waals surface area contributed by atoms with Crippen molar-refractivity contribution in [1.29, 1.82) is 0 Å². The van der Waals surface area contributed by atoms with E-state index >= 15 is 0 Å². The van der Waals surface area contributed by atoms with Gasteiger partial charge in [-0.25, -0.2) is 8.78 Å². The number of hydrogen-bond acceptors (Lipinski definition) is 2. The van der Waals surface area contributed by atoms with E-state index in [-0.39, 0.29) is 34.9 Å². The Bertz CT molecular complexity index is 789. The van der Waals surface area contributed by atoms with Gasteiger partial charge in [0.1, 0.15) is 18.2 Å². The first kappa shape index (κ1) is 19.2. The molecule has 0 spiro atoms. The smallest absolute Gasteiger partial charge is 0.391 e. The second-order valence-corrected chi connectivity index (χ2v) is 5.52. The maximum Gasteiger partial charge on any atom is 0.417 e. The van der Waals surface area contributed by atoms with Gasteiger partial charge >= 0.3 is 6.18 Å². The average molecular weight is 378 g/mol. The molecule has 0 atom stereocenters. The zero-order valence-electron chi connectivity index (χ0n) is 13.0. The summed E-state index contributed by atoms with van der Waals surface area (Å²) in [6, 6.07) is 6.05. The summed E-state index contributed by atoms with van der Waals surface area (Å²) in [7, 11) is 0. The second-order valence-electron chi connectivity index (χ2n) is 5.09. The van der Waals surface area contributed by atoms with Crippen LogP contribution in [-0.4, -0.2) is 5.71 Å². The van der Waals surface area contributed by atoms with Crippen LogP contribution in [0.2, 0.25) is 5.02 Å². The molecule has 0 bridgehead atoms. The summed E-state index contributed by atoms with van der Waals surface area (Å²) >= 11 is 5.79. The van der Waals surface area contributed by atoms with Crippen LogP contribution < -0.4 is 0 Å². The molecule has 2 nitrogen and oxygen atoms in total. The van der Waals surface area contributed by atoms with Crippen LogP contribution in [0.4, 0.5) is 22.0 Å². The lowest BCUT2D eigenvalue weighted by Crippen LogP contribution is -2.13. The Kier molecular flexibility index (Phi) is 6.00. The largest absolute Gasteiger partial charge is 0.417 e. The summed E-state index contributed by atoms with van der Waals surface area (Å²) in [6.45, 7) is 1.25. The van der Waals surface area contributed by atoms with Gasteiger partial charge in [-0.05, 0) is 36.8 Å². The Hall–Kier alpha value is -2.15. The molecule has 2 aromatic carbocycles. The van der Waals surface area contributed by atoms with Crippen LogP contribution in [0, 0.1) is 11.6 Å². The highest BCUT2D eigenvalue weighted by Crippen LogP contribution is 2.34. The molecule has 134 valence electrons. The molecule has 0 unspecified atom stereocenters. The van der Waals surface area contributed by atoms with Gasteiger partial charge in [-0.1, -0.05) is 23.7 Å². The quantitative estimate of drug-likeness (QED) is 0.357. The average Bonchev–Trinajstić information content (AvgIpc) is 2.52. The predicted octanol–water partition coefficient (Wildman–Crippen LogP) is 5.97. The molecule has 0 amide bonds. The molecule has 0 aliphatic carbocycles. The van der Waals surface area contributed by atoms with Crippen molar-refractivity contribution >= 4 is 17.3 Å². The third-order valence-corrected chi connectivity index (χ3v) is 3.58. The minimum atomic E-state index is -4.58. The van der Waals surface area contributed by atoms with Gasteiger partial charge in [-0.3, -0.25) is 0 Å². The molecule has 2 rings (SSSR count). The fourth-order valence-corrected chi connectivity index (χ4v) is 2.30. The molecule has 0 aliphatic rings. The van der Waals surface area contributed by atoms with Crippen LogP contribution in [0.5, 0.6) is 0 Å². The first-order valence-corrected chi connectivity index (χ1v) is 7.60. The van der Waals surface area contributed by atoms with E-state index in [1.165, 1.54) is 6.07 Å². The normalized spacial score (nSPS) is 12.4. The van der Waals surface area contributed by atoms with Gasteiger partial charge in [0.05, 0.1) is 11.3 Å². The topological polar surface area (TPSA) is 21.6 Å². The third kappa shape index (κ3) is 4.92. The summed E-state index contributed by atoms with van der Waals surface area (Å²) in [5.41, 5.74) is -1.06. The van der Waals surface area contributed by atoms with E-state index in [1.54, 1.807) is 6.92 Å². The van der Waals surface area contributed by atoms with E-state index in [0.29, 0.717) is 6.07 Å². The van der Waals surface area contributed by atoms with Crippen molar-refractivity contribution in [2.24, 2.45) is 5.16 Å². The second kappa shape index (κ2) is 7.82. The van der Waals surface area contributed by atoms with Crippen LogP contribution in [0.25, 0.3) is 0 Å². The van der Waals surface area contributed by atoms with Crippen LogP contribution in [0.3, 0.4) is 0 Å². The van der Waals surface area contributed by atoms with E-state index in [2.05, 4.69) is 5.16 Å². The van der Waals surface area contributed by atoms with E-state index in [1.807, 2.05) is 0 Å². The Balaban J connectivity index is 2.27. The number of alkyl halides is 3. The Morgan fingerprint density at radius 2 is 1.84 bits per heavy atom. The standard InChI is InChI=1S/C17H13ClF5NO/c1-2-16(13-7-11(18)4-6-14(13)17(21,22)23)24-25-9-10-3-5-12(19)8-15(10)20/h3-8H,2,9H2,1H3/b24-16+. The molecule has 0 saturated heterocycles. The molecular weight excluding hydrogens is 365 g/mol. The number of halogens is 6. The highest BCUT2D eigenvalue weighted by molar-refractivity contribution is 6.31. The maximum absolute atomic E-state index is 13.5. The van der Waals surface area contributed by atoms with E-state index in [0.717, 1.165) is 24.3 Å². The maximum atomic E-state index is 13.5. The van der Waals surface area contributed by atoms with Crippen molar-refractivity contribution in [3.8, 4) is 0 Å². The van der Waals surface area contributed by atoms with Crippen LogP contribution in [0.1, 0.15) is 30.0 Å². The number of hydrogen-bond donors (Lipinski definition) is 0. The van der Waals surface area contributed by atoms with Crippen molar-refractivity contribution in [2.75, 3.05) is 0 Å². The van der Waals surface area contributed by atoms with Gasteiger partial charge in [-0.2, -0.15) is 13.2 Å². The van der Waals surface area contributed by atoms with Gasteiger partial charge in [0.15, 0.2) is 0 Å². The lowest BCUT2D eigenvalue weighted by Gasteiger charge is -2.14. The minimum Gasteiger partial charge on any atom is -0.391 e. The summed E-state index contributed by atoms with van der Waals surface area (Å²) < 4.78 is 65.8. The molecule has 0 saturated carbocycles. The first-order chi connectivity index (χ1) is 11.7. The molecule has 25 heavy (non-hydrogen) atoms. The molecule has 0 radical (unpaired) electrons. The van der Waals surface area contributed by atoms with Crippen molar-refractivity contribution < 1.29 is 26.8 Å². The van der Waals surface area contributed by atoms with Gasteiger partial charge < -0.3 is 4.84 Å². The van der Waals surface area contributed by atoms with Crippen LogP contribution in [0.15, 0.2) is 41.6 Å². The molecule has 8 heteroatoms. The SMILES string of the molecule is CC/C(=N\OCc1ccc(F)cc1F)c1cc(Cl)ccc1C(F)(F)F. The summed E-state index contributed by atoms with van der Waals surface area (Å²) in [5, 5.41) is 3.80. The molecule has 2 aromatic rings. The summed E-state index contributed by atoms with van der Waals surface area (Å²) in [6.07, 6.45) is -4.45. The molecular formula is C17H13ClF5NO. The van der Waals surface area contributed by atoms with Gasteiger partial charge in [0.25, 0.3) is 0 Å². The number of rotatable bonds is 5. The highest BCUT2D eigenvalue weighted by Gasteiger charge is 2.34. The fraction of sp³-hybridized carbons (Fsp3) is 0.235. The summed E-state index contributed by atoms with van der Waals surface area (Å²) in [5.74, 6) is -1.57. The number of nitrogens with zero attached hydrogens (tertiary/aromatic N) is 1. The van der Waals surface area contributed by atoms with Crippen molar-refractivity contribution in [1.82, 2.24) is 0 Å². The zero-order chi connectivity index (χ0) is 18.6. The summed E-state index contributed by atoms with van der Waals surface area (Å²) in [4.78, 5) is 4.97. The van der Waals surface area contributed by atoms with Gasteiger partial charge in [-0.15, -0.1) is 0 Å². The lowest BCUT2D eigenvalue weighted by atomic mass is 10.0. The highest BCUT2D eigenvalue weighted by atomic mass is 35.5. The first-order valence-electron chi connectivity index (χ1n) is 7.22.